The summed E-state index contributed by atoms with van der Waals surface area (Å²) in [7, 11) is 0. The van der Waals surface area contributed by atoms with Gasteiger partial charge in [-0.15, -0.1) is 0 Å². The number of anilines is 1. The van der Waals surface area contributed by atoms with Crippen LogP contribution in [-0.4, -0.2) is 4.98 Å². The van der Waals surface area contributed by atoms with Gasteiger partial charge in [-0.3, -0.25) is 4.98 Å². The second kappa shape index (κ2) is 4.88. The first kappa shape index (κ1) is 10.8. The molecule has 88 valence electrons. The predicted octanol–water partition coefficient (Wildman–Crippen LogP) is 3.85. The number of pyridine rings is 1. The normalized spacial score (nSPS) is 10.4. The molecule has 0 saturated carbocycles. The fourth-order valence-electron chi connectivity index (χ4n) is 2.07. The van der Waals surface area contributed by atoms with E-state index in [-0.39, 0.29) is 0 Å². The summed E-state index contributed by atoms with van der Waals surface area (Å²) in [6.07, 6.45) is 1.82. The van der Waals surface area contributed by atoms with Crippen molar-refractivity contribution in [3.8, 4) is 0 Å². The summed E-state index contributed by atoms with van der Waals surface area (Å²) in [5.74, 6) is 0. The Morgan fingerprint density at radius 1 is 0.833 bits per heavy atom. The lowest BCUT2D eigenvalue weighted by Crippen LogP contribution is -2.01. The van der Waals surface area contributed by atoms with Gasteiger partial charge >= 0.3 is 0 Å². The van der Waals surface area contributed by atoms with Gasteiger partial charge in [-0.25, -0.2) is 0 Å². The number of nitrogens with zero attached hydrogens (tertiary/aromatic N) is 1. The van der Waals surface area contributed by atoms with Crippen molar-refractivity contribution in [3.63, 3.8) is 0 Å². The van der Waals surface area contributed by atoms with Crippen molar-refractivity contribution >= 4 is 16.5 Å². The van der Waals surface area contributed by atoms with Gasteiger partial charge < -0.3 is 5.32 Å². The fourth-order valence-corrected chi connectivity index (χ4v) is 2.07. The highest BCUT2D eigenvalue weighted by atomic mass is 14.9. The van der Waals surface area contributed by atoms with Crippen molar-refractivity contribution in [1.29, 1.82) is 0 Å². The van der Waals surface area contributed by atoms with Gasteiger partial charge in [0.15, 0.2) is 0 Å². The third-order valence-corrected chi connectivity index (χ3v) is 2.98. The molecule has 1 heterocycles. The van der Waals surface area contributed by atoms with E-state index in [0.29, 0.717) is 0 Å². The zero-order valence-corrected chi connectivity index (χ0v) is 10.0. The number of hydrogen-bond acceptors (Lipinski definition) is 2. The molecule has 2 aromatic carbocycles. The van der Waals surface area contributed by atoms with Crippen molar-refractivity contribution in [2.45, 2.75) is 6.54 Å². The molecular weight excluding hydrogens is 220 g/mol. The third kappa shape index (κ3) is 2.18. The molecule has 0 spiro atoms. The van der Waals surface area contributed by atoms with Crippen LogP contribution in [0.25, 0.3) is 10.8 Å². The largest absolute Gasteiger partial charge is 0.379 e. The molecule has 0 fully saturated rings. The topological polar surface area (TPSA) is 24.9 Å². The van der Waals surface area contributed by atoms with Gasteiger partial charge in [-0.1, -0.05) is 42.5 Å². The van der Waals surface area contributed by atoms with Crippen LogP contribution in [0, 0.1) is 0 Å². The van der Waals surface area contributed by atoms with Gasteiger partial charge in [0.2, 0.25) is 0 Å². The smallest absolute Gasteiger partial charge is 0.0594 e. The van der Waals surface area contributed by atoms with Gasteiger partial charge in [0.05, 0.1) is 12.2 Å². The lowest BCUT2D eigenvalue weighted by molar-refractivity contribution is 1.05. The minimum absolute atomic E-state index is 0.745. The van der Waals surface area contributed by atoms with Crippen LogP contribution in [-0.2, 0) is 6.54 Å². The van der Waals surface area contributed by atoms with Gasteiger partial charge in [-0.2, -0.15) is 0 Å². The summed E-state index contributed by atoms with van der Waals surface area (Å²) in [6.45, 7) is 0.745. The molecule has 0 aliphatic rings. The van der Waals surface area contributed by atoms with Crippen LogP contribution < -0.4 is 5.32 Å². The Balaban J connectivity index is 1.87. The molecule has 2 heteroatoms. The van der Waals surface area contributed by atoms with Crippen molar-refractivity contribution in [2.75, 3.05) is 5.32 Å². The van der Waals surface area contributed by atoms with Crippen LogP contribution in [0.3, 0.4) is 0 Å². The van der Waals surface area contributed by atoms with Crippen molar-refractivity contribution < 1.29 is 0 Å². The molecule has 2 nitrogen and oxygen atoms in total. The molecule has 1 N–H and O–H groups in total. The summed E-state index contributed by atoms with van der Waals surface area (Å²) in [4.78, 5) is 4.31. The van der Waals surface area contributed by atoms with Crippen molar-refractivity contribution in [3.05, 3.63) is 72.6 Å². The van der Waals surface area contributed by atoms with Crippen LogP contribution in [0.4, 0.5) is 5.69 Å². The number of nitrogens with one attached hydrogen (secondary N) is 1. The van der Waals surface area contributed by atoms with Crippen molar-refractivity contribution in [1.82, 2.24) is 4.98 Å². The molecular formula is C16H14N2. The van der Waals surface area contributed by atoms with E-state index in [1.54, 1.807) is 0 Å². The molecule has 0 radical (unpaired) electrons. The first-order chi connectivity index (χ1) is 8.93. The zero-order valence-electron chi connectivity index (χ0n) is 10.0. The maximum absolute atomic E-state index is 4.31. The molecule has 0 amide bonds. The van der Waals surface area contributed by atoms with Crippen LogP contribution >= 0.6 is 0 Å². The zero-order chi connectivity index (χ0) is 12.2. The minimum atomic E-state index is 0.745. The third-order valence-electron chi connectivity index (χ3n) is 2.98. The van der Waals surface area contributed by atoms with E-state index in [2.05, 4.69) is 52.8 Å². The fraction of sp³-hybridized carbons (Fsp3) is 0.0625. The molecule has 0 aliphatic carbocycles. The van der Waals surface area contributed by atoms with E-state index in [9.17, 15) is 0 Å². The standard InChI is InChI=1S/C16H14N2/c1-2-9-15-13(6-1)7-5-10-16(15)18-12-14-8-3-4-11-17-14/h1-11,18H,12H2. The number of rotatable bonds is 3. The van der Waals surface area contributed by atoms with E-state index in [1.165, 1.54) is 10.8 Å². The number of aromatic nitrogens is 1. The molecule has 0 aliphatic heterocycles. The molecule has 0 unspecified atom stereocenters. The van der Waals surface area contributed by atoms with Crippen LogP contribution in [0.1, 0.15) is 5.69 Å². The first-order valence-electron chi connectivity index (χ1n) is 6.05. The second-order valence-corrected chi connectivity index (χ2v) is 4.20. The Hall–Kier alpha value is -2.35. The molecule has 0 saturated heterocycles. The first-order valence-corrected chi connectivity index (χ1v) is 6.05. The van der Waals surface area contributed by atoms with Crippen LogP contribution in [0.2, 0.25) is 0 Å². The second-order valence-electron chi connectivity index (χ2n) is 4.20. The van der Waals surface area contributed by atoms with Gasteiger partial charge in [0, 0.05) is 17.3 Å². The highest BCUT2D eigenvalue weighted by molar-refractivity contribution is 5.93. The molecule has 0 atom stereocenters. The monoisotopic (exact) mass is 234 g/mol. The summed E-state index contributed by atoms with van der Waals surface area (Å²) in [6, 6.07) is 20.7. The molecule has 0 bridgehead atoms. The van der Waals surface area contributed by atoms with Gasteiger partial charge in [0.1, 0.15) is 0 Å². The lowest BCUT2D eigenvalue weighted by atomic mass is 10.1. The van der Waals surface area contributed by atoms with Crippen molar-refractivity contribution in [2.24, 2.45) is 0 Å². The molecule has 18 heavy (non-hydrogen) atoms. The SMILES string of the molecule is c1ccc(CNc2cccc3ccccc23)nc1. The average molecular weight is 234 g/mol. The quantitative estimate of drug-likeness (QED) is 0.744. The maximum Gasteiger partial charge on any atom is 0.0594 e. The number of fused-ring (bicyclic) bond motifs is 1. The molecule has 1 aromatic heterocycles. The maximum atomic E-state index is 4.31. The molecule has 3 rings (SSSR count). The summed E-state index contributed by atoms with van der Waals surface area (Å²) >= 11 is 0. The van der Waals surface area contributed by atoms with Gasteiger partial charge in [-0.05, 0) is 23.6 Å². The highest BCUT2D eigenvalue weighted by Gasteiger charge is 1.99. The van der Waals surface area contributed by atoms with E-state index in [1.807, 2.05) is 24.4 Å². The average Bonchev–Trinajstić information content (AvgIpc) is 2.46. The minimum Gasteiger partial charge on any atom is -0.379 e. The summed E-state index contributed by atoms with van der Waals surface area (Å²) in [5.41, 5.74) is 2.20. The Bertz CT molecular complexity index is 642. The van der Waals surface area contributed by atoms with E-state index >= 15 is 0 Å². The predicted molar refractivity (Wildman–Crippen MR) is 75.5 cm³/mol. The Labute approximate surface area is 106 Å². The van der Waals surface area contributed by atoms with Crippen LogP contribution in [0.5, 0.6) is 0 Å². The van der Waals surface area contributed by atoms with E-state index in [0.717, 1.165) is 17.9 Å². The lowest BCUT2D eigenvalue weighted by Gasteiger charge is -2.09. The summed E-state index contributed by atoms with van der Waals surface area (Å²) < 4.78 is 0. The molecule has 3 aromatic rings. The van der Waals surface area contributed by atoms with E-state index in [4.69, 9.17) is 0 Å². The Kier molecular flexibility index (Phi) is 2.92. The Morgan fingerprint density at radius 2 is 1.67 bits per heavy atom. The number of hydrogen-bond donors (Lipinski definition) is 1. The van der Waals surface area contributed by atoms with E-state index < -0.39 is 0 Å². The van der Waals surface area contributed by atoms with Crippen LogP contribution in [0.15, 0.2) is 66.9 Å². The number of benzene rings is 2. The Morgan fingerprint density at radius 3 is 2.56 bits per heavy atom. The highest BCUT2D eigenvalue weighted by Crippen LogP contribution is 2.23. The van der Waals surface area contributed by atoms with Gasteiger partial charge in [0.25, 0.3) is 0 Å². The summed E-state index contributed by atoms with van der Waals surface area (Å²) in [5, 5.41) is 5.94.